The molecule has 2 aromatic rings. The molecule has 7 rings (SSSR count). The van der Waals surface area contributed by atoms with E-state index in [1.807, 2.05) is 20.8 Å². The average molecular weight is 1460 g/mol. The number of halogens is 7. The summed E-state index contributed by atoms with van der Waals surface area (Å²) in [7, 11) is 8.36. The summed E-state index contributed by atoms with van der Waals surface area (Å²) < 4.78 is 89.3. The molecule has 3 heterocycles. The Kier molecular flexibility index (Phi) is 27.5. The van der Waals surface area contributed by atoms with E-state index in [1.165, 1.54) is 66.7 Å². The molecule has 0 aromatic heterocycles. The van der Waals surface area contributed by atoms with Gasteiger partial charge < -0.3 is 59.9 Å². The topological polar surface area (TPSA) is 259 Å². The number of hydrogen-bond acceptors (Lipinski definition) is 12. The zero-order valence-electron chi connectivity index (χ0n) is 60.8. The van der Waals surface area contributed by atoms with Gasteiger partial charge in [-0.05, 0) is 132 Å². The largest absolute Gasteiger partial charge is 0.417 e. The first-order valence-electron chi connectivity index (χ1n) is 35.5. The smallest absolute Gasteiger partial charge is 0.377 e. The number of carbonyl (C=O) groups is 11. The van der Waals surface area contributed by atoms with Gasteiger partial charge in [0.1, 0.15) is 53.9 Å². The molecule has 2 saturated carbocycles. The molecule has 30 heteroatoms. The fourth-order valence-corrected chi connectivity index (χ4v) is 14.8. The molecular formula is C72H102ClF6N11O12. The molecule has 3 N–H and O–H groups in total. The summed E-state index contributed by atoms with van der Waals surface area (Å²) in [6.45, 7) is 11.2. The molecule has 0 unspecified atom stereocenters. The summed E-state index contributed by atoms with van der Waals surface area (Å²) in [5.41, 5.74) is -3.32. The number of benzene rings is 2. The van der Waals surface area contributed by atoms with E-state index in [0.29, 0.717) is 25.7 Å². The lowest BCUT2D eigenvalue weighted by Crippen LogP contribution is -2.68. The van der Waals surface area contributed by atoms with E-state index in [0.717, 1.165) is 76.4 Å². The molecule has 3 aliphatic heterocycles. The fraction of sp³-hybridized carbons (Fsp3) is 0.681. The normalized spacial score (nSPS) is 27.3. The molecule has 11 atom stereocenters. The quantitative estimate of drug-likeness (QED) is 0.184. The molecule has 0 bridgehead atoms. The van der Waals surface area contributed by atoms with Crippen LogP contribution < -0.4 is 16.0 Å². The monoisotopic (exact) mass is 1460 g/mol. The molecule has 2 aromatic carbocycles. The second-order valence-corrected chi connectivity index (χ2v) is 29.4. The van der Waals surface area contributed by atoms with Gasteiger partial charge in [0, 0.05) is 87.3 Å². The van der Waals surface area contributed by atoms with Crippen LogP contribution >= 0.6 is 11.6 Å². The highest BCUT2D eigenvalue weighted by molar-refractivity contribution is 6.31. The van der Waals surface area contributed by atoms with Gasteiger partial charge in [-0.15, -0.1) is 0 Å². The molecular weight excluding hydrogens is 1360 g/mol. The number of alkyl halides is 6. The number of hydrogen-bond donors (Lipinski definition) is 3. The van der Waals surface area contributed by atoms with Gasteiger partial charge in [-0.2, -0.15) is 26.3 Å². The Hall–Kier alpha value is -7.56. The van der Waals surface area contributed by atoms with Gasteiger partial charge in [-0.25, -0.2) is 0 Å². The lowest BCUT2D eigenvalue weighted by molar-refractivity contribution is -0.160. The lowest BCUT2D eigenvalue weighted by Gasteiger charge is -2.47. The highest BCUT2D eigenvalue weighted by Gasteiger charge is 2.54. The average Bonchev–Trinajstić information content (AvgIpc) is 1.15. The zero-order chi connectivity index (χ0) is 75.8. The van der Waals surface area contributed by atoms with E-state index in [9.17, 15) is 59.9 Å². The minimum absolute atomic E-state index is 0.0257. The van der Waals surface area contributed by atoms with Crippen LogP contribution in [-0.2, 0) is 82.7 Å². The maximum Gasteiger partial charge on any atom is 0.417 e. The van der Waals surface area contributed by atoms with Crippen molar-refractivity contribution in [2.24, 2.45) is 17.8 Å². The number of fused-ring (bicyclic) bond motifs is 2. The first-order valence-corrected chi connectivity index (χ1v) is 35.9. The lowest BCUT2D eigenvalue weighted by atomic mass is 9.74. The molecule has 5 fully saturated rings. The minimum Gasteiger partial charge on any atom is -0.377 e. The van der Waals surface area contributed by atoms with Crippen molar-refractivity contribution >= 4 is 76.6 Å². The van der Waals surface area contributed by atoms with Gasteiger partial charge in [-0.3, -0.25) is 52.7 Å². The van der Waals surface area contributed by atoms with Crippen molar-refractivity contribution in [3.8, 4) is 0 Å². The van der Waals surface area contributed by atoms with Crippen molar-refractivity contribution in [1.29, 1.82) is 0 Å². The van der Waals surface area contributed by atoms with E-state index in [-0.39, 0.29) is 94.0 Å². The van der Waals surface area contributed by atoms with Crippen LogP contribution in [0, 0.1) is 17.8 Å². The number of nitrogens with zero attached hydrogens (tertiary/aromatic N) is 8. The van der Waals surface area contributed by atoms with Crippen LogP contribution in [0.5, 0.6) is 0 Å². The van der Waals surface area contributed by atoms with Crippen molar-refractivity contribution in [2.45, 2.75) is 230 Å². The highest BCUT2D eigenvalue weighted by Crippen LogP contribution is 2.40. The van der Waals surface area contributed by atoms with E-state index in [1.54, 1.807) is 27.8 Å². The molecule has 5 aliphatic rings. The van der Waals surface area contributed by atoms with Gasteiger partial charge in [0.25, 0.3) is 0 Å². The molecule has 102 heavy (non-hydrogen) atoms. The third-order valence-corrected chi connectivity index (χ3v) is 21.9. The Bertz CT molecular complexity index is 3390. The summed E-state index contributed by atoms with van der Waals surface area (Å²) in [4.78, 5) is 174. The number of aryl methyl sites for hydroxylation is 1. The Morgan fingerprint density at radius 2 is 1.28 bits per heavy atom. The number of rotatable bonds is 12. The predicted octanol–water partition coefficient (Wildman–Crippen LogP) is 6.88. The maximum atomic E-state index is 15.4. The third kappa shape index (κ3) is 19.0. The molecule has 2 aliphatic carbocycles. The predicted molar refractivity (Wildman–Crippen MR) is 366 cm³/mol. The summed E-state index contributed by atoms with van der Waals surface area (Å²) >= 11 is 6.15. The van der Waals surface area contributed by atoms with Crippen LogP contribution in [0.1, 0.15) is 161 Å². The number of ether oxygens (including phenoxy) is 1. The number of nitrogens with one attached hydrogen (secondary N) is 3. The van der Waals surface area contributed by atoms with E-state index in [2.05, 4.69) is 16.0 Å². The first kappa shape index (κ1) is 81.7. The SMILES string of the molecule is CCO[C@@H]1C[C@H]2C(=O)NC3(CCC3)C(=O)N(C)[C@@H](C3CCCCC3)C(=O)N(C)[C@H](C)CC(=O)N(C)[C@@H](CC(C)C)C(=O)N[C@@H]([C@@H](C)CC)C(=O)N(C)[C@@H](C)C(=O)N3CC[C@H]3C(=O)N(C)[C@@H](Cc3ccc(C(F)(F)F)cc3)C(=O)N(C)CC(=O)N[C@@H](CCc3ccc(C(F)(F)F)c(Cl)c3)C(=O)N2C1. The van der Waals surface area contributed by atoms with Gasteiger partial charge in [0.2, 0.25) is 65.0 Å². The molecule has 566 valence electrons. The molecule has 23 nitrogen and oxygen atoms in total. The molecule has 0 radical (unpaired) electrons. The Balaban J connectivity index is 1.30. The summed E-state index contributed by atoms with van der Waals surface area (Å²) in [5.74, 6) is -8.82. The zero-order valence-corrected chi connectivity index (χ0v) is 61.6. The van der Waals surface area contributed by atoms with E-state index >= 15 is 19.2 Å². The first-order chi connectivity index (χ1) is 47.8. The fourth-order valence-electron chi connectivity index (χ4n) is 14.5. The highest BCUT2D eigenvalue weighted by atomic mass is 35.5. The van der Waals surface area contributed by atoms with Gasteiger partial charge >= 0.3 is 12.4 Å². The van der Waals surface area contributed by atoms with Gasteiger partial charge in [0.05, 0.1) is 28.8 Å². The van der Waals surface area contributed by atoms with Crippen LogP contribution in [0.2, 0.25) is 5.02 Å². The van der Waals surface area contributed by atoms with Gasteiger partial charge in [0.15, 0.2) is 0 Å². The van der Waals surface area contributed by atoms with E-state index in [4.69, 9.17) is 16.3 Å². The Labute approximate surface area is 598 Å². The number of amides is 11. The van der Waals surface area contributed by atoms with Crippen LogP contribution in [0.15, 0.2) is 42.5 Å². The number of likely N-dealkylation sites (N-methyl/N-ethyl adjacent to an activating group) is 6. The molecule has 1 spiro atoms. The van der Waals surface area contributed by atoms with Crippen molar-refractivity contribution in [2.75, 3.05) is 68.5 Å². The second-order valence-electron chi connectivity index (χ2n) is 29.0. The van der Waals surface area contributed by atoms with Crippen LogP contribution in [-0.4, -0.2) is 239 Å². The van der Waals surface area contributed by atoms with Crippen molar-refractivity contribution in [3.05, 3.63) is 69.7 Å². The molecule has 11 amide bonds. The number of carbonyl (C=O) groups excluding carboxylic acids is 11. The standard InChI is InChI=1S/C72H102ClF6N11O12/c1-14-42(5)59-67(99)85(10)44(7)63(95)89-33-30-53(89)66(98)87(12)56(37-46-22-26-48(27-23-46)71(74,75)76)65(97)83(8)40-57(91)80-52(29-25-45-24-28-50(51(73)36-45)72(77,78)79)64(96)90-39-49(102-15-2)38-55(90)62(94)82-70(31-19-32-70)69(101)88(13)60(47-20-17-16-18-21-47)68(100)84(9)43(6)35-58(92)86(11)54(34-41(3)4)61(93)81-59/h22-24,26-28,36,41-44,47,49,52-56,59-60H,14-21,25,29-35,37-40H2,1-13H3,(H,80,91)(H,81,93)(H,82,94)/t42-,43+,44-,49+,52-,53-,54-,55-,56-,59-,60-/m0/s1. The maximum absolute atomic E-state index is 15.4. The van der Waals surface area contributed by atoms with Crippen LogP contribution in [0.4, 0.5) is 26.3 Å². The Morgan fingerprint density at radius 3 is 1.83 bits per heavy atom. The summed E-state index contributed by atoms with van der Waals surface area (Å²) in [5, 5.41) is 7.92. The minimum atomic E-state index is -4.81. The second kappa shape index (κ2) is 34.4. The Morgan fingerprint density at radius 1 is 0.647 bits per heavy atom. The van der Waals surface area contributed by atoms with Crippen molar-refractivity contribution < 1.29 is 83.8 Å². The molecule has 3 saturated heterocycles. The van der Waals surface area contributed by atoms with Gasteiger partial charge in [-0.1, -0.05) is 83.2 Å². The van der Waals surface area contributed by atoms with Crippen molar-refractivity contribution in [3.63, 3.8) is 0 Å². The van der Waals surface area contributed by atoms with Crippen LogP contribution in [0.3, 0.4) is 0 Å². The third-order valence-electron chi connectivity index (χ3n) is 21.6. The summed E-state index contributed by atoms with van der Waals surface area (Å²) in [6, 6.07) is -4.37. The van der Waals surface area contributed by atoms with E-state index < -0.39 is 178 Å². The van der Waals surface area contributed by atoms with Crippen LogP contribution in [0.25, 0.3) is 0 Å². The van der Waals surface area contributed by atoms with Crippen molar-refractivity contribution in [1.82, 2.24) is 55.1 Å². The summed E-state index contributed by atoms with van der Waals surface area (Å²) in [6.07, 6.45) is -6.56.